The van der Waals surface area contributed by atoms with Crippen LogP contribution in [-0.4, -0.2) is 54.0 Å². The Bertz CT molecular complexity index is 1250. The molecule has 196 valence electrons. The maximum atomic E-state index is 14.0. The van der Waals surface area contributed by atoms with Gasteiger partial charge in [-0.1, -0.05) is 0 Å². The highest BCUT2D eigenvalue weighted by molar-refractivity contribution is 6.38. The molecule has 4 N–H and O–H groups in total. The summed E-state index contributed by atoms with van der Waals surface area (Å²) in [5.41, 5.74) is -2.50. The standard InChI is InChI=1S/C23H21F4N5O5/c1-28-22(37)18(33)16(8-11-5-7-30-19(11)34)32-21(36)14-10-13(24)2-3-15(14)31-20(35)12-4-6-29-17(9-12)23(25,26)27/h2-4,6,9-11,16H,5,7-8H2,1H3,(H,28,37)(H,30,34)(H,31,35)(H,32,36)/t11-,16-/m0/s1. The van der Waals surface area contributed by atoms with Gasteiger partial charge in [-0.3, -0.25) is 29.0 Å². The van der Waals surface area contributed by atoms with Gasteiger partial charge in [-0.15, -0.1) is 0 Å². The summed E-state index contributed by atoms with van der Waals surface area (Å²) in [6.07, 6.45) is -3.87. The molecule has 0 unspecified atom stereocenters. The molecule has 1 fully saturated rings. The van der Waals surface area contributed by atoms with Crippen LogP contribution in [0.2, 0.25) is 0 Å². The predicted molar refractivity (Wildman–Crippen MR) is 120 cm³/mol. The summed E-state index contributed by atoms with van der Waals surface area (Å²) in [5, 5.41) is 9.25. The molecule has 1 aliphatic heterocycles. The van der Waals surface area contributed by atoms with Crippen LogP contribution in [0.3, 0.4) is 0 Å². The van der Waals surface area contributed by atoms with Gasteiger partial charge in [-0.25, -0.2) is 4.39 Å². The van der Waals surface area contributed by atoms with Gasteiger partial charge in [0.25, 0.3) is 17.7 Å². The van der Waals surface area contributed by atoms with E-state index < -0.39 is 64.3 Å². The number of carbonyl (C=O) groups is 5. The molecule has 14 heteroatoms. The molecule has 2 aromatic rings. The van der Waals surface area contributed by atoms with Crippen molar-refractivity contribution in [2.75, 3.05) is 18.9 Å². The Morgan fingerprint density at radius 1 is 1.14 bits per heavy atom. The zero-order valence-corrected chi connectivity index (χ0v) is 19.2. The van der Waals surface area contributed by atoms with Crippen molar-refractivity contribution in [3.05, 3.63) is 59.2 Å². The van der Waals surface area contributed by atoms with E-state index in [1.54, 1.807) is 0 Å². The second kappa shape index (κ2) is 11.1. The second-order valence-electron chi connectivity index (χ2n) is 8.05. The average Bonchev–Trinajstić information content (AvgIpc) is 3.27. The summed E-state index contributed by atoms with van der Waals surface area (Å²) in [6, 6.07) is 2.71. The molecule has 0 spiro atoms. The topological polar surface area (TPSA) is 146 Å². The van der Waals surface area contributed by atoms with Gasteiger partial charge in [0.05, 0.1) is 17.3 Å². The average molecular weight is 523 g/mol. The normalized spacial score (nSPS) is 15.9. The number of hydrogen-bond acceptors (Lipinski definition) is 6. The molecule has 3 rings (SSSR count). The summed E-state index contributed by atoms with van der Waals surface area (Å²) in [5.74, 6) is -6.12. The third-order valence-electron chi connectivity index (χ3n) is 5.54. The van der Waals surface area contributed by atoms with Crippen LogP contribution in [0.1, 0.15) is 39.3 Å². The van der Waals surface area contributed by atoms with Crippen molar-refractivity contribution in [2.24, 2.45) is 5.92 Å². The zero-order valence-electron chi connectivity index (χ0n) is 19.2. The quantitative estimate of drug-likeness (QED) is 0.304. The van der Waals surface area contributed by atoms with Crippen molar-refractivity contribution >= 4 is 35.1 Å². The van der Waals surface area contributed by atoms with Crippen molar-refractivity contribution < 1.29 is 41.5 Å². The minimum atomic E-state index is -4.81. The minimum absolute atomic E-state index is 0.210. The highest BCUT2D eigenvalue weighted by Gasteiger charge is 2.35. The Kier molecular flexibility index (Phi) is 8.20. The van der Waals surface area contributed by atoms with Crippen molar-refractivity contribution in [3.63, 3.8) is 0 Å². The van der Waals surface area contributed by atoms with Gasteiger partial charge in [-0.2, -0.15) is 13.2 Å². The summed E-state index contributed by atoms with van der Waals surface area (Å²) >= 11 is 0. The molecule has 0 saturated carbocycles. The van der Waals surface area contributed by atoms with Crippen LogP contribution in [-0.2, 0) is 20.6 Å². The van der Waals surface area contributed by atoms with E-state index in [2.05, 4.69) is 26.3 Å². The van der Waals surface area contributed by atoms with E-state index in [9.17, 15) is 41.5 Å². The number of Topliss-reactive ketones (excluding diaryl/α,β-unsaturated/α-hetero) is 1. The van der Waals surface area contributed by atoms with E-state index in [0.29, 0.717) is 19.0 Å². The maximum absolute atomic E-state index is 14.0. The number of rotatable bonds is 8. The van der Waals surface area contributed by atoms with Gasteiger partial charge in [-0.05, 0) is 43.2 Å². The fraction of sp³-hybridized carbons (Fsp3) is 0.304. The molecule has 1 saturated heterocycles. The minimum Gasteiger partial charge on any atom is -0.356 e. The SMILES string of the molecule is CNC(=O)C(=O)[C@H](C[C@@H]1CCNC1=O)NC(=O)c1cc(F)ccc1NC(=O)c1ccnc(C(F)(F)F)c1. The number of amides is 4. The molecule has 1 aromatic heterocycles. The van der Waals surface area contributed by atoms with E-state index in [-0.39, 0.29) is 18.0 Å². The van der Waals surface area contributed by atoms with Crippen molar-refractivity contribution in [2.45, 2.75) is 25.1 Å². The molecule has 2 heterocycles. The maximum Gasteiger partial charge on any atom is 0.433 e. The van der Waals surface area contributed by atoms with Crippen LogP contribution in [0.25, 0.3) is 0 Å². The number of carbonyl (C=O) groups excluding carboxylic acids is 5. The van der Waals surface area contributed by atoms with Gasteiger partial charge < -0.3 is 21.3 Å². The van der Waals surface area contributed by atoms with E-state index in [1.807, 2.05) is 0 Å². The molecule has 37 heavy (non-hydrogen) atoms. The van der Waals surface area contributed by atoms with E-state index >= 15 is 0 Å². The molecule has 0 bridgehead atoms. The molecule has 4 amide bonds. The van der Waals surface area contributed by atoms with Gasteiger partial charge in [0.2, 0.25) is 11.7 Å². The van der Waals surface area contributed by atoms with Crippen molar-refractivity contribution in [1.82, 2.24) is 20.9 Å². The molecule has 1 aromatic carbocycles. The van der Waals surface area contributed by atoms with Gasteiger partial charge >= 0.3 is 6.18 Å². The van der Waals surface area contributed by atoms with Gasteiger partial charge in [0.15, 0.2) is 0 Å². The fourth-order valence-corrected chi connectivity index (χ4v) is 3.64. The third kappa shape index (κ3) is 6.65. The Morgan fingerprint density at radius 3 is 2.49 bits per heavy atom. The predicted octanol–water partition coefficient (Wildman–Crippen LogP) is 1.43. The Labute approximate surface area is 207 Å². The van der Waals surface area contributed by atoms with E-state index in [0.717, 1.165) is 30.5 Å². The van der Waals surface area contributed by atoms with Crippen LogP contribution in [0.5, 0.6) is 0 Å². The van der Waals surface area contributed by atoms with Gasteiger partial charge in [0.1, 0.15) is 11.5 Å². The summed E-state index contributed by atoms with van der Waals surface area (Å²) < 4.78 is 52.8. The molecule has 2 atom stereocenters. The number of benzene rings is 1. The first-order valence-electron chi connectivity index (χ1n) is 10.9. The number of pyridine rings is 1. The second-order valence-corrected chi connectivity index (χ2v) is 8.05. The third-order valence-corrected chi connectivity index (χ3v) is 5.54. The number of nitrogens with zero attached hydrogens (tertiary/aromatic N) is 1. The largest absolute Gasteiger partial charge is 0.433 e. The van der Waals surface area contributed by atoms with Gasteiger partial charge in [0, 0.05) is 31.3 Å². The molecular weight excluding hydrogens is 502 g/mol. The lowest BCUT2D eigenvalue weighted by atomic mass is 9.95. The lowest BCUT2D eigenvalue weighted by Gasteiger charge is -2.20. The number of nitrogens with one attached hydrogen (secondary N) is 4. The Hall–Kier alpha value is -4.36. The highest BCUT2D eigenvalue weighted by atomic mass is 19.4. The van der Waals surface area contributed by atoms with E-state index in [4.69, 9.17) is 0 Å². The first-order chi connectivity index (χ1) is 17.4. The Morgan fingerprint density at radius 2 is 1.86 bits per heavy atom. The molecule has 1 aliphatic rings. The Balaban J connectivity index is 1.86. The van der Waals surface area contributed by atoms with Crippen LogP contribution < -0.4 is 21.3 Å². The lowest BCUT2D eigenvalue weighted by molar-refractivity contribution is -0.141. The van der Waals surface area contributed by atoms with Crippen LogP contribution in [0.4, 0.5) is 23.2 Å². The number of ketones is 1. The van der Waals surface area contributed by atoms with Crippen molar-refractivity contribution in [3.8, 4) is 0 Å². The summed E-state index contributed by atoms with van der Waals surface area (Å²) in [4.78, 5) is 65.2. The number of alkyl halides is 3. The monoisotopic (exact) mass is 523 g/mol. The first-order valence-corrected chi connectivity index (χ1v) is 10.9. The number of aromatic nitrogens is 1. The van der Waals surface area contributed by atoms with E-state index in [1.165, 1.54) is 7.05 Å². The number of hydrogen-bond donors (Lipinski definition) is 4. The number of anilines is 1. The smallest absolute Gasteiger partial charge is 0.356 e. The molecule has 0 radical (unpaired) electrons. The van der Waals surface area contributed by atoms with Crippen LogP contribution >= 0.6 is 0 Å². The first kappa shape index (κ1) is 27.2. The molecule has 0 aliphatic carbocycles. The number of likely N-dealkylation sites (N-methyl/N-ethyl adjacent to an activating group) is 1. The highest BCUT2D eigenvalue weighted by Crippen LogP contribution is 2.28. The van der Waals surface area contributed by atoms with Crippen LogP contribution in [0, 0.1) is 11.7 Å². The summed E-state index contributed by atoms with van der Waals surface area (Å²) in [7, 11) is 1.20. The van der Waals surface area contributed by atoms with Crippen LogP contribution in [0.15, 0.2) is 36.5 Å². The van der Waals surface area contributed by atoms with Crippen molar-refractivity contribution in [1.29, 1.82) is 0 Å². The lowest BCUT2D eigenvalue weighted by Crippen LogP contribution is -2.48. The summed E-state index contributed by atoms with van der Waals surface area (Å²) in [6.45, 7) is 0.351. The molecular formula is C23H21F4N5O5. The fourth-order valence-electron chi connectivity index (χ4n) is 3.64. The zero-order chi connectivity index (χ0) is 27.3. The number of halogens is 4. The molecule has 10 nitrogen and oxygen atoms in total.